The lowest BCUT2D eigenvalue weighted by Gasteiger charge is -2.02. The van der Waals surface area contributed by atoms with Crippen LogP contribution in [0, 0.1) is 0 Å². The summed E-state index contributed by atoms with van der Waals surface area (Å²) in [5, 5.41) is 0. The molecule has 2 aromatic carbocycles. The molecule has 0 amide bonds. The van der Waals surface area contributed by atoms with Crippen LogP contribution in [0.4, 0.5) is 11.4 Å². The number of nitrogens with zero attached hydrogens (tertiary/aromatic N) is 4. The zero-order valence-corrected chi connectivity index (χ0v) is 17.0. The van der Waals surface area contributed by atoms with Crippen molar-refractivity contribution in [2.75, 3.05) is 13.1 Å². The summed E-state index contributed by atoms with van der Waals surface area (Å²) in [5.74, 6) is 0. The molecular weight excluding hydrogens is 396 g/mol. The van der Waals surface area contributed by atoms with Crippen LogP contribution in [0.15, 0.2) is 68.5 Å². The summed E-state index contributed by atoms with van der Waals surface area (Å²) >= 11 is 0. The molecule has 0 saturated heterocycles. The van der Waals surface area contributed by atoms with Crippen LogP contribution in [0.2, 0.25) is 0 Å². The summed E-state index contributed by atoms with van der Waals surface area (Å²) in [6.07, 6.45) is 10.6. The molecule has 0 atom stereocenters. The maximum atomic E-state index is 10.1. The third-order valence-corrected chi connectivity index (χ3v) is 4.05. The molecule has 158 valence electrons. The van der Waals surface area contributed by atoms with Crippen LogP contribution in [-0.4, -0.2) is 37.4 Å². The highest BCUT2D eigenvalue weighted by Crippen LogP contribution is 2.17. The molecule has 0 radical (unpaired) electrons. The first-order chi connectivity index (χ1) is 15.2. The van der Waals surface area contributed by atoms with Gasteiger partial charge in [0.05, 0.1) is 24.5 Å². The third-order valence-electron chi connectivity index (χ3n) is 4.05. The predicted molar refractivity (Wildman–Crippen MR) is 116 cm³/mol. The molecule has 0 aliphatic rings. The maximum Gasteiger partial charge on any atom is 0.240 e. The third kappa shape index (κ3) is 12.2. The lowest BCUT2D eigenvalue weighted by molar-refractivity contribution is 0.558. The summed E-state index contributed by atoms with van der Waals surface area (Å²) in [5.41, 5.74) is 3.40. The normalized spacial score (nSPS) is 8.90. The number of isocyanates is 4. The van der Waals surface area contributed by atoms with Crippen LogP contribution >= 0.6 is 0 Å². The van der Waals surface area contributed by atoms with E-state index >= 15 is 0 Å². The molecule has 2 rings (SSSR count). The number of unbranched alkanes of at least 4 members (excludes halogenated alkanes) is 3. The average molecular weight is 418 g/mol. The van der Waals surface area contributed by atoms with Gasteiger partial charge >= 0.3 is 0 Å². The van der Waals surface area contributed by atoms with E-state index in [4.69, 9.17) is 0 Å². The largest absolute Gasteiger partial charge is 0.240 e. The van der Waals surface area contributed by atoms with E-state index < -0.39 is 0 Å². The van der Waals surface area contributed by atoms with Crippen LogP contribution in [0.25, 0.3) is 0 Å². The SMILES string of the molecule is O=C=NCCCCCCN=C=O.O=C=Nc1ccc(Cc2ccc(N=C=O)cc2)cc1. The van der Waals surface area contributed by atoms with E-state index in [1.54, 1.807) is 24.3 Å². The molecule has 0 aromatic heterocycles. The van der Waals surface area contributed by atoms with E-state index in [0.29, 0.717) is 24.5 Å². The summed E-state index contributed by atoms with van der Waals surface area (Å²) in [7, 11) is 0. The van der Waals surface area contributed by atoms with Crippen molar-refractivity contribution in [2.24, 2.45) is 20.0 Å². The second-order valence-electron chi connectivity index (χ2n) is 6.28. The topological polar surface area (TPSA) is 118 Å². The molecule has 8 heteroatoms. The van der Waals surface area contributed by atoms with E-state index in [1.165, 1.54) is 24.3 Å². The highest BCUT2D eigenvalue weighted by atomic mass is 16.1. The highest BCUT2D eigenvalue weighted by Gasteiger charge is 1.98. The standard InChI is InChI=1S/C15H10N2O2.C8H12N2O2/c18-10-16-14-5-1-12(2-6-14)9-13-3-7-15(8-4-13)17-11-19;11-7-9-5-3-1-2-4-6-10-8-12/h1-8H,9H2;1-6H2. The Morgan fingerprint density at radius 1 is 0.516 bits per heavy atom. The molecular formula is C23H22N4O4. The van der Waals surface area contributed by atoms with E-state index in [0.717, 1.165) is 43.2 Å². The van der Waals surface area contributed by atoms with Crippen LogP contribution in [0.1, 0.15) is 36.8 Å². The van der Waals surface area contributed by atoms with Gasteiger partial charge in [-0.2, -0.15) is 9.98 Å². The Morgan fingerprint density at radius 2 is 0.903 bits per heavy atom. The molecule has 0 unspecified atom stereocenters. The van der Waals surface area contributed by atoms with Crippen molar-refractivity contribution in [3.05, 3.63) is 59.7 Å². The second-order valence-corrected chi connectivity index (χ2v) is 6.28. The van der Waals surface area contributed by atoms with Gasteiger partial charge < -0.3 is 0 Å². The Morgan fingerprint density at radius 3 is 1.23 bits per heavy atom. The van der Waals surface area contributed by atoms with Gasteiger partial charge in [0.15, 0.2) is 0 Å². The number of hydrogen-bond acceptors (Lipinski definition) is 8. The fourth-order valence-corrected chi connectivity index (χ4v) is 2.54. The van der Waals surface area contributed by atoms with Crippen molar-refractivity contribution in [1.29, 1.82) is 0 Å². The van der Waals surface area contributed by atoms with E-state index in [9.17, 15) is 19.2 Å². The van der Waals surface area contributed by atoms with Crippen molar-refractivity contribution < 1.29 is 19.2 Å². The second kappa shape index (κ2) is 16.9. The van der Waals surface area contributed by atoms with Crippen LogP contribution in [0.5, 0.6) is 0 Å². The van der Waals surface area contributed by atoms with Gasteiger partial charge in [0.1, 0.15) is 0 Å². The number of rotatable bonds is 11. The van der Waals surface area contributed by atoms with Gasteiger partial charge in [0.2, 0.25) is 24.3 Å². The fraction of sp³-hybridized carbons (Fsp3) is 0.304. The first kappa shape index (κ1) is 25.0. The first-order valence-electron chi connectivity index (χ1n) is 9.64. The van der Waals surface area contributed by atoms with Crippen molar-refractivity contribution >= 4 is 35.7 Å². The molecule has 0 aliphatic carbocycles. The van der Waals surface area contributed by atoms with Gasteiger partial charge in [0.25, 0.3) is 0 Å². The Balaban J connectivity index is 0.000000348. The lowest BCUT2D eigenvalue weighted by Crippen LogP contribution is -1.86. The van der Waals surface area contributed by atoms with Gasteiger partial charge in [0, 0.05) is 0 Å². The molecule has 0 bridgehead atoms. The van der Waals surface area contributed by atoms with Crippen molar-refractivity contribution in [1.82, 2.24) is 0 Å². The van der Waals surface area contributed by atoms with Crippen molar-refractivity contribution in [2.45, 2.75) is 32.1 Å². The van der Waals surface area contributed by atoms with Crippen LogP contribution in [0.3, 0.4) is 0 Å². The zero-order valence-electron chi connectivity index (χ0n) is 17.0. The van der Waals surface area contributed by atoms with Gasteiger partial charge in [-0.25, -0.2) is 29.2 Å². The minimum Gasteiger partial charge on any atom is -0.211 e. The monoisotopic (exact) mass is 418 g/mol. The van der Waals surface area contributed by atoms with Gasteiger partial charge in [-0.15, -0.1) is 0 Å². The maximum absolute atomic E-state index is 10.1. The minimum absolute atomic E-state index is 0.556. The molecule has 0 N–H and O–H groups in total. The summed E-state index contributed by atoms with van der Waals surface area (Å²) in [4.78, 5) is 53.4. The summed E-state index contributed by atoms with van der Waals surface area (Å²) in [6.45, 7) is 1.11. The number of benzene rings is 2. The smallest absolute Gasteiger partial charge is 0.211 e. The fourth-order valence-electron chi connectivity index (χ4n) is 2.54. The quantitative estimate of drug-likeness (QED) is 0.305. The van der Waals surface area contributed by atoms with Crippen LogP contribution in [-0.2, 0) is 25.6 Å². The first-order valence-corrected chi connectivity index (χ1v) is 9.64. The Labute approximate surface area is 180 Å². The molecule has 31 heavy (non-hydrogen) atoms. The van der Waals surface area contributed by atoms with Gasteiger partial charge in [-0.3, -0.25) is 0 Å². The Hall–Kier alpha value is -4.04. The average Bonchev–Trinajstić information content (AvgIpc) is 2.79. The number of aliphatic imine (C=N–C) groups is 4. The zero-order chi connectivity index (χ0) is 22.6. The van der Waals surface area contributed by atoms with Gasteiger partial charge in [-0.1, -0.05) is 37.1 Å². The van der Waals surface area contributed by atoms with Gasteiger partial charge in [-0.05, 0) is 54.7 Å². The molecule has 0 saturated carbocycles. The summed E-state index contributed by atoms with van der Waals surface area (Å²) in [6, 6.07) is 14.7. The van der Waals surface area contributed by atoms with E-state index in [1.807, 2.05) is 24.3 Å². The molecule has 8 nitrogen and oxygen atoms in total. The Kier molecular flexibility index (Phi) is 13.6. The van der Waals surface area contributed by atoms with E-state index in [-0.39, 0.29) is 0 Å². The van der Waals surface area contributed by atoms with Crippen molar-refractivity contribution in [3.63, 3.8) is 0 Å². The molecule has 2 aromatic rings. The molecule has 0 fully saturated rings. The molecule has 0 aliphatic heterocycles. The number of carbonyl (C=O) groups excluding carboxylic acids is 4. The summed E-state index contributed by atoms with van der Waals surface area (Å²) < 4.78 is 0. The minimum atomic E-state index is 0.556. The lowest BCUT2D eigenvalue weighted by atomic mass is 10.0. The van der Waals surface area contributed by atoms with E-state index in [2.05, 4.69) is 20.0 Å². The van der Waals surface area contributed by atoms with Crippen LogP contribution < -0.4 is 0 Å². The predicted octanol–water partition coefficient (Wildman–Crippen LogP) is 4.43. The Bertz CT molecular complexity index is 896. The molecule has 0 heterocycles. The van der Waals surface area contributed by atoms with Crippen molar-refractivity contribution in [3.8, 4) is 0 Å². The highest BCUT2D eigenvalue weighted by molar-refractivity contribution is 5.51. The number of hydrogen-bond donors (Lipinski definition) is 0. The molecule has 0 spiro atoms.